The number of aryl methyl sites for hydroxylation is 1. The number of nitrogens with two attached hydrogens (primary N) is 1. The number of nitrogen functional groups attached to an aromatic ring is 1. The van der Waals surface area contributed by atoms with Crippen LogP contribution in [0.3, 0.4) is 0 Å². The zero-order chi connectivity index (χ0) is 15.0. The quantitative estimate of drug-likeness (QED) is 0.797. The van der Waals surface area contributed by atoms with Crippen molar-refractivity contribution in [1.82, 2.24) is 14.7 Å². The van der Waals surface area contributed by atoms with Crippen LogP contribution >= 0.6 is 0 Å². The van der Waals surface area contributed by atoms with Crippen molar-refractivity contribution in [3.8, 4) is 5.75 Å². The van der Waals surface area contributed by atoms with E-state index in [2.05, 4.69) is 10.1 Å². The molecule has 0 fully saturated rings. The van der Waals surface area contributed by atoms with Crippen LogP contribution in [0.4, 0.5) is 5.95 Å². The highest BCUT2D eigenvalue weighted by atomic mass is 16.5. The number of aromatic nitrogens is 3. The SMILES string of the molecule is Cc1cc(Cn2c(N)nc3c(OC(C)C)cccc32)no1. The van der Waals surface area contributed by atoms with Gasteiger partial charge in [0.2, 0.25) is 5.95 Å². The minimum Gasteiger partial charge on any atom is -0.489 e. The maximum Gasteiger partial charge on any atom is 0.201 e. The second kappa shape index (κ2) is 5.12. The zero-order valence-corrected chi connectivity index (χ0v) is 12.3. The summed E-state index contributed by atoms with van der Waals surface area (Å²) in [7, 11) is 0. The second-order valence-corrected chi connectivity index (χ2v) is 5.28. The van der Waals surface area contributed by atoms with E-state index >= 15 is 0 Å². The summed E-state index contributed by atoms with van der Waals surface area (Å²) >= 11 is 0. The van der Waals surface area contributed by atoms with Crippen LogP contribution in [0.15, 0.2) is 28.8 Å². The number of ether oxygens (including phenoxy) is 1. The standard InChI is InChI=1S/C15H18N4O2/c1-9(2)20-13-6-4-5-12-14(13)17-15(16)19(12)8-11-7-10(3)21-18-11/h4-7,9H,8H2,1-3H3,(H2,16,17). The van der Waals surface area contributed by atoms with Crippen LogP contribution in [0, 0.1) is 6.92 Å². The third kappa shape index (κ3) is 2.56. The molecule has 0 aliphatic rings. The van der Waals surface area contributed by atoms with Crippen molar-refractivity contribution < 1.29 is 9.26 Å². The van der Waals surface area contributed by atoms with Gasteiger partial charge in [-0.05, 0) is 32.9 Å². The van der Waals surface area contributed by atoms with E-state index < -0.39 is 0 Å². The number of para-hydroxylation sites is 1. The van der Waals surface area contributed by atoms with E-state index in [0.29, 0.717) is 12.5 Å². The Morgan fingerprint density at radius 3 is 2.86 bits per heavy atom. The minimum absolute atomic E-state index is 0.0835. The lowest BCUT2D eigenvalue weighted by Gasteiger charge is -2.10. The first-order valence-corrected chi connectivity index (χ1v) is 6.88. The predicted octanol–water partition coefficient (Wildman–Crippen LogP) is 2.75. The lowest BCUT2D eigenvalue weighted by atomic mass is 10.2. The molecule has 0 spiro atoms. The fourth-order valence-corrected chi connectivity index (χ4v) is 2.31. The molecule has 0 unspecified atom stereocenters. The highest BCUT2D eigenvalue weighted by Gasteiger charge is 2.14. The molecular weight excluding hydrogens is 268 g/mol. The summed E-state index contributed by atoms with van der Waals surface area (Å²) < 4.78 is 12.8. The Labute approximate surface area is 122 Å². The lowest BCUT2D eigenvalue weighted by molar-refractivity contribution is 0.245. The first-order valence-electron chi connectivity index (χ1n) is 6.88. The Bertz CT molecular complexity index is 773. The number of benzene rings is 1. The molecule has 2 N–H and O–H groups in total. The topological polar surface area (TPSA) is 79.1 Å². The molecule has 6 nitrogen and oxygen atoms in total. The molecule has 0 aliphatic carbocycles. The highest BCUT2D eigenvalue weighted by Crippen LogP contribution is 2.28. The van der Waals surface area contributed by atoms with Crippen LogP contribution in [0.1, 0.15) is 25.3 Å². The third-order valence-corrected chi connectivity index (χ3v) is 3.13. The van der Waals surface area contributed by atoms with Crippen molar-refractivity contribution in [2.75, 3.05) is 5.73 Å². The first-order chi connectivity index (χ1) is 10.0. The number of anilines is 1. The molecule has 0 saturated heterocycles. The summed E-state index contributed by atoms with van der Waals surface area (Å²) in [4.78, 5) is 4.43. The molecule has 2 heterocycles. The molecule has 0 amide bonds. The van der Waals surface area contributed by atoms with E-state index in [1.165, 1.54) is 0 Å². The van der Waals surface area contributed by atoms with Crippen LogP contribution in [0.2, 0.25) is 0 Å². The molecule has 0 bridgehead atoms. The molecule has 21 heavy (non-hydrogen) atoms. The molecule has 0 aliphatic heterocycles. The molecule has 6 heteroatoms. The fraction of sp³-hybridized carbons (Fsp3) is 0.333. The van der Waals surface area contributed by atoms with Crippen LogP contribution in [0.25, 0.3) is 11.0 Å². The van der Waals surface area contributed by atoms with Gasteiger partial charge >= 0.3 is 0 Å². The maximum atomic E-state index is 6.05. The first kappa shape index (κ1) is 13.5. The number of hydrogen-bond acceptors (Lipinski definition) is 5. The molecule has 3 aromatic rings. The molecular formula is C15H18N4O2. The van der Waals surface area contributed by atoms with E-state index in [4.69, 9.17) is 15.0 Å². The maximum absolute atomic E-state index is 6.05. The van der Waals surface area contributed by atoms with Gasteiger partial charge in [-0.1, -0.05) is 11.2 Å². The van der Waals surface area contributed by atoms with Crippen LogP contribution in [0.5, 0.6) is 5.75 Å². The van der Waals surface area contributed by atoms with Crippen molar-refractivity contribution in [2.24, 2.45) is 0 Å². The molecule has 0 atom stereocenters. The van der Waals surface area contributed by atoms with Gasteiger partial charge in [0.05, 0.1) is 18.2 Å². The summed E-state index contributed by atoms with van der Waals surface area (Å²) in [6, 6.07) is 7.70. The monoisotopic (exact) mass is 286 g/mol. The zero-order valence-electron chi connectivity index (χ0n) is 12.3. The summed E-state index contributed by atoms with van der Waals surface area (Å²) in [5, 5.41) is 4.00. The summed E-state index contributed by atoms with van der Waals surface area (Å²) in [5.74, 6) is 1.95. The van der Waals surface area contributed by atoms with Gasteiger partial charge in [-0.15, -0.1) is 0 Å². The molecule has 0 radical (unpaired) electrons. The third-order valence-electron chi connectivity index (χ3n) is 3.13. The Morgan fingerprint density at radius 1 is 1.38 bits per heavy atom. The Balaban J connectivity index is 2.05. The van der Waals surface area contributed by atoms with E-state index in [-0.39, 0.29) is 6.10 Å². The Kier molecular flexibility index (Phi) is 3.29. The van der Waals surface area contributed by atoms with Crippen LogP contribution < -0.4 is 10.5 Å². The molecule has 2 aromatic heterocycles. The average molecular weight is 286 g/mol. The van der Waals surface area contributed by atoms with Crippen molar-refractivity contribution in [1.29, 1.82) is 0 Å². The number of nitrogens with zero attached hydrogens (tertiary/aromatic N) is 3. The lowest BCUT2D eigenvalue weighted by Crippen LogP contribution is -2.06. The van der Waals surface area contributed by atoms with Crippen molar-refractivity contribution in [3.63, 3.8) is 0 Å². The number of hydrogen-bond donors (Lipinski definition) is 1. The second-order valence-electron chi connectivity index (χ2n) is 5.28. The van der Waals surface area contributed by atoms with Gasteiger partial charge in [-0.25, -0.2) is 4.98 Å². The van der Waals surface area contributed by atoms with Gasteiger partial charge in [-0.3, -0.25) is 0 Å². The number of rotatable bonds is 4. The van der Waals surface area contributed by atoms with Gasteiger partial charge in [0.25, 0.3) is 0 Å². The largest absolute Gasteiger partial charge is 0.489 e. The molecule has 1 aromatic carbocycles. The Morgan fingerprint density at radius 2 is 2.19 bits per heavy atom. The smallest absolute Gasteiger partial charge is 0.201 e. The van der Waals surface area contributed by atoms with Gasteiger partial charge < -0.3 is 19.6 Å². The van der Waals surface area contributed by atoms with E-state index in [9.17, 15) is 0 Å². The van der Waals surface area contributed by atoms with E-state index in [1.807, 2.05) is 49.6 Å². The van der Waals surface area contributed by atoms with Crippen LogP contribution in [-0.2, 0) is 6.54 Å². The number of imidazole rings is 1. The van der Waals surface area contributed by atoms with Crippen molar-refractivity contribution in [2.45, 2.75) is 33.4 Å². The van der Waals surface area contributed by atoms with Crippen molar-refractivity contribution >= 4 is 17.0 Å². The van der Waals surface area contributed by atoms with Crippen molar-refractivity contribution in [3.05, 3.63) is 35.7 Å². The van der Waals surface area contributed by atoms with Gasteiger partial charge in [0.15, 0.2) is 0 Å². The van der Waals surface area contributed by atoms with E-state index in [1.54, 1.807) is 0 Å². The molecule has 110 valence electrons. The summed E-state index contributed by atoms with van der Waals surface area (Å²) in [6.07, 6.45) is 0.0835. The van der Waals surface area contributed by atoms with Gasteiger partial charge in [0, 0.05) is 6.07 Å². The predicted molar refractivity (Wildman–Crippen MR) is 80.3 cm³/mol. The summed E-state index contributed by atoms with van der Waals surface area (Å²) in [5.41, 5.74) is 8.55. The Hall–Kier alpha value is -2.50. The van der Waals surface area contributed by atoms with Gasteiger partial charge in [-0.2, -0.15) is 0 Å². The summed E-state index contributed by atoms with van der Waals surface area (Å²) in [6.45, 7) is 6.35. The molecule has 0 saturated carbocycles. The molecule has 3 rings (SSSR count). The van der Waals surface area contributed by atoms with E-state index in [0.717, 1.165) is 28.2 Å². The normalized spacial score (nSPS) is 11.4. The number of fused-ring (bicyclic) bond motifs is 1. The average Bonchev–Trinajstić information content (AvgIpc) is 2.96. The fourth-order valence-electron chi connectivity index (χ4n) is 2.31. The van der Waals surface area contributed by atoms with Gasteiger partial charge in [0.1, 0.15) is 22.7 Å². The highest BCUT2D eigenvalue weighted by molar-refractivity contribution is 5.84. The minimum atomic E-state index is 0.0835. The van der Waals surface area contributed by atoms with Crippen LogP contribution in [-0.4, -0.2) is 20.8 Å².